The summed E-state index contributed by atoms with van der Waals surface area (Å²) in [5.74, 6) is 1.79. The van der Waals surface area contributed by atoms with Crippen LogP contribution in [0.15, 0.2) is 27.1 Å². The molecular formula is C11H10Br2N4O2. The molecule has 0 atom stereocenters. The van der Waals surface area contributed by atoms with Crippen molar-refractivity contribution in [3.05, 3.63) is 27.1 Å². The van der Waals surface area contributed by atoms with E-state index in [4.69, 9.17) is 20.9 Å². The molecule has 0 unspecified atom stereocenters. The Hall–Kier alpha value is -1.54. The average Bonchev–Trinajstić information content (AvgIpc) is 2.32. The summed E-state index contributed by atoms with van der Waals surface area (Å²) in [4.78, 5) is 7.71. The van der Waals surface area contributed by atoms with Gasteiger partial charge in [0.05, 0.1) is 16.1 Å². The zero-order chi connectivity index (χ0) is 14.0. The molecule has 4 N–H and O–H groups in total. The minimum atomic E-state index is 0.0544. The number of nitrogen functional groups attached to an aromatic ring is 2. The van der Waals surface area contributed by atoms with Gasteiger partial charge in [0.15, 0.2) is 0 Å². The third kappa shape index (κ3) is 3.27. The van der Waals surface area contributed by atoms with Crippen LogP contribution in [0.25, 0.3) is 0 Å². The van der Waals surface area contributed by atoms with Gasteiger partial charge in [0.2, 0.25) is 11.8 Å². The lowest BCUT2D eigenvalue weighted by atomic mass is 10.3. The van der Waals surface area contributed by atoms with Gasteiger partial charge in [-0.3, -0.25) is 0 Å². The first-order chi connectivity index (χ1) is 8.99. The largest absolute Gasteiger partial charge is 0.496 e. The van der Waals surface area contributed by atoms with Crippen molar-refractivity contribution in [1.29, 1.82) is 0 Å². The lowest BCUT2D eigenvalue weighted by Gasteiger charge is -2.10. The van der Waals surface area contributed by atoms with Crippen LogP contribution < -0.4 is 20.9 Å². The summed E-state index contributed by atoms with van der Waals surface area (Å²) in [6.07, 6.45) is 0. The Morgan fingerprint density at radius 3 is 2.26 bits per heavy atom. The Labute approximate surface area is 126 Å². The topological polar surface area (TPSA) is 96.3 Å². The van der Waals surface area contributed by atoms with Crippen molar-refractivity contribution >= 4 is 43.6 Å². The number of hydrogen-bond acceptors (Lipinski definition) is 6. The van der Waals surface area contributed by atoms with Crippen LogP contribution >= 0.6 is 31.9 Å². The highest BCUT2D eigenvalue weighted by Gasteiger charge is 2.10. The predicted octanol–water partition coefficient (Wildman–Crippen LogP) is 2.97. The molecule has 0 fully saturated rings. The number of ether oxygens (including phenoxy) is 2. The molecule has 0 aliphatic carbocycles. The van der Waals surface area contributed by atoms with Crippen LogP contribution in [0.4, 0.5) is 11.8 Å². The summed E-state index contributed by atoms with van der Waals surface area (Å²) < 4.78 is 12.2. The zero-order valence-corrected chi connectivity index (χ0v) is 13.0. The fourth-order valence-corrected chi connectivity index (χ4v) is 2.26. The highest BCUT2D eigenvalue weighted by molar-refractivity contribution is 9.11. The van der Waals surface area contributed by atoms with Crippen molar-refractivity contribution in [2.45, 2.75) is 0 Å². The molecular weight excluding hydrogens is 380 g/mol. The van der Waals surface area contributed by atoms with Gasteiger partial charge in [-0.1, -0.05) is 0 Å². The van der Waals surface area contributed by atoms with Crippen LogP contribution in [-0.2, 0) is 0 Å². The van der Waals surface area contributed by atoms with Crippen LogP contribution in [0, 0.1) is 0 Å². The molecule has 0 saturated heterocycles. The maximum absolute atomic E-state index is 5.61. The number of hydrogen-bond donors (Lipinski definition) is 2. The monoisotopic (exact) mass is 388 g/mol. The molecule has 8 heteroatoms. The van der Waals surface area contributed by atoms with E-state index in [1.54, 1.807) is 19.2 Å². The molecule has 0 spiro atoms. The molecule has 0 amide bonds. The first kappa shape index (κ1) is 13.9. The molecule has 19 heavy (non-hydrogen) atoms. The number of benzene rings is 1. The third-order valence-corrected chi connectivity index (χ3v) is 3.40. The summed E-state index contributed by atoms with van der Waals surface area (Å²) >= 11 is 6.76. The van der Waals surface area contributed by atoms with Crippen molar-refractivity contribution in [3.8, 4) is 17.4 Å². The van der Waals surface area contributed by atoms with Gasteiger partial charge < -0.3 is 20.9 Å². The molecule has 6 nitrogen and oxygen atoms in total. The quantitative estimate of drug-likeness (QED) is 0.837. The van der Waals surface area contributed by atoms with Crippen molar-refractivity contribution in [2.75, 3.05) is 18.6 Å². The Morgan fingerprint density at radius 1 is 1.00 bits per heavy atom. The summed E-state index contributed by atoms with van der Waals surface area (Å²) in [5.41, 5.74) is 11.1. The Morgan fingerprint density at radius 2 is 1.63 bits per heavy atom. The van der Waals surface area contributed by atoms with Crippen molar-refractivity contribution in [2.24, 2.45) is 0 Å². The third-order valence-electron chi connectivity index (χ3n) is 2.16. The highest BCUT2D eigenvalue weighted by atomic mass is 79.9. The van der Waals surface area contributed by atoms with Crippen molar-refractivity contribution < 1.29 is 9.47 Å². The second kappa shape index (κ2) is 5.62. The van der Waals surface area contributed by atoms with E-state index in [2.05, 4.69) is 41.8 Å². The fraction of sp³-hybridized carbons (Fsp3) is 0.0909. The Kier molecular flexibility index (Phi) is 4.11. The van der Waals surface area contributed by atoms with Gasteiger partial charge >= 0.3 is 0 Å². The van der Waals surface area contributed by atoms with E-state index < -0.39 is 0 Å². The number of methoxy groups -OCH3 is 1. The average molecular weight is 390 g/mol. The number of halogens is 2. The van der Waals surface area contributed by atoms with Crippen LogP contribution in [0.2, 0.25) is 0 Å². The number of anilines is 2. The Bertz CT molecular complexity index is 602. The van der Waals surface area contributed by atoms with E-state index in [-0.39, 0.29) is 17.6 Å². The molecule has 0 aliphatic heterocycles. The fourth-order valence-electron chi connectivity index (χ4n) is 1.37. The molecule has 2 aromatic rings. The van der Waals surface area contributed by atoms with Gasteiger partial charge in [-0.25, -0.2) is 0 Å². The summed E-state index contributed by atoms with van der Waals surface area (Å²) in [7, 11) is 1.58. The molecule has 0 aliphatic rings. The minimum Gasteiger partial charge on any atom is -0.496 e. The van der Waals surface area contributed by atoms with Gasteiger partial charge in [-0.2, -0.15) is 9.97 Å². The lowest BCUT2D eigenvalue weighted by Crippen LogP contribution is -2.01. The molecule has 0 bridgehead atoms. The van der Waals surface area contributed by atoms with Crippen LogP contribution in [-0.4, -0.2) is 17.1 Å². The molecule has 1 aromatic heterocycles. The van der Waals surface area contributed by atoms with Crippen LogP contribution in [0.3, 0.4) is 0 Å². The molecule has 100 valence electrons. The summed E-state index contributed by atoms with van der Waals surface area (Å²) in [6.45, 7) is 0. The molecule has 0 radical (unpaired) electrons. The predicted molar refractivity (Wildman–Crippen MR) is 79.3 cm³/mol. The van der Waals surface area contributed by atoms with Crippen LogP contribution in [0.1, 0.15) is 0 Å². The van der Waals surface area contributed by atoms with E-state index in [1.807, 2.05) is 0 Å². The van der Waals surface area contributed by atoms with Gasteiger partial charge in [0, 0.05) is 6.07 Å². The van der Waals surface area contributed by atoms with E-state index in [0.717, 1.165) is 4.47 Å². The maximum atomic E-state index is 5.61. The van der Waals surface area contributed by atoms with E-state index in [0.29, 0.717) is 16.0 Å². The second-order valence-corrected chi connectivity index (χ2v) is 5.22. The highest BCUT2D eigenvalue weighted by Crippen LogP contribution is 2.37. The first-order valence-corrected chi connectivity index (χ1v) is 6.69. The SMILES string of the molecule is COc1cc(Br)c(Oc2cc(N)nc(N)n2)cc1Br. The Balaban J connectivity index is 2.35. The summed E-state index contributed by atoms with van der Waals surface area (Å²) in [5, 5.41) is 0. The van der Waals surface area contributed by atoms with Gasteiger partial charge in [-0.15, -0.1) is 0 Å². The first-order valence-electron chi connectivity index (χ1n) is 5.10. The smallest absolute Gasteiger partial charge is 0.226 e. The standard InChI is InChI=1S/C11H10Br2N4O2/c1-18-7-2-6(13)8(3-5(7)12)19-10-4-9(14)16-11(15)17-10/h2-4H,1H3,(H4,14,15,16,17). The van der Waals surface area contributed by atoms with E-state index in [1.165, 1.54) is 6.07 Å². The van der Waals surface area contributed by atoms with Gasteiger partial charge in [0.25, 0.3) is 0 Å². The number of nitrogens with two attached hydrogens (primary N) is 2. The minimum absolute atomic E-state index is 0.0544. The number of rotatable bonds is 3. The van der Waals surface area contributed by atoms with E-state index >= 15 is 0 Å². The maximum Gasteiger partial charge on any atom is 0.226 e. The lowest BCUT2D eigenvalue weighted by molar-refractivity contribution is 0.408. The second-order valence-electron chi connectivity index (χ2n) is 3.51. The molecule has 1 heterocycles. The van der Waals surface area contributed by atoms with Gasteiger partial charge in [-0.05, 0) is 44.0 Å². The number of nitrogens with zero attached hydrogens (tertiary/aromatic N) is 2. The van der Waals surface area contributed by atoms with E-state index in [9.17, 15) is 0 Å². The number of aromatic nitrogens is 2. The normalized spacial score (nSPS) is 10.3. The molecule has 2 rings (SSSR count). The van der Waals surface area contributed by atoms with Crippen molar-refractivity contribution in [1.82, 2.24) is 9.97 Å². The van der Waals surface area contributed by atoms with Crippen LogP contribution in [0.5, 0.6) is 17.4 Å². The summed E-state index contributed by atoms with van der Waals surface area (Å²) in [6, 6.07) is 5.01. The van der Waals surface area contributed by atoms with Crippen molar-refractivity contribution in [3.63, 3.8) is 0 Å². The molecule has 0 saturated carbocycles. The zero-order valence-electron chi connectivity index (χ0n) is 9.85. The molecule has 1 aromatic carbocycles. The van der Waals surface area contributed by atoms with Gasteiger partial charge in [0.1, 0.15) is 17.3 Å².